The van der Waals surface area contributed by atoms with E-state index in [1.165, 1.54) is 0 Å². The Morgan fingerprint density at radius 3 is 1.50 bits per heavy atom. The Hall–Kier alpha value is 2.10. The summed E-state index contributed by atoms with van der Waals surface area (Å²) < 4.78 is 2.42. The molecule has 0 aliphatic carbocycles. The Kier molecular flexibility index (Phi) is 6.22. The highest BCUT2D eigenvalue weighted by Gasteiger charge is 2.15. The molecule has 0 N–H and O–H groups in total. The summed E-state index contributed by atoms with van der Waals surface area (Å²) in [6.45, 7) is 0. The van der Waals surface area contributed by atoms with Crippen LogP contribution in [-0.2, 0) is 0 Å². The van der Waals surface area contributed by atoms with Crippen molar-refractivity contribution in [1.82, 2.24) is 0 Å². The molecule has 0 spiro atoms. The maximum Gasteiger partial charge on any atom is 0.0968 e. The lowest BCUT2D eigenvalue weighted by molar-refractivity contribution is 1.30. The van der Waals surface area contributed by atoms with Crippen LogP contribution >= 0.6 is 95.6 Å². The SMILES string of the molecule is Brc1cc(C(Br)Br)cc(Br)c1C(Br)Br. The van der Waals surface area contributed by atoms with Crippen LogP contribution in [0.3, 0.4) is 0 Å². The largest absolute Gasteiger partial charge is 0.0968 e. The van der Waals surface area contributed by atoms with Crippen LogP contribution in [0.1, 0.15) is 18.6 Å². The first-order valence-electron chi connectivity index (χ1n) is 3.48. The highest BCUT2D eigenvalue weighted by molar-refractivity contribution is 9.24. The molecule has 0 aromatic heterocycles. The summed E-state index contributed by atoms with van der Waals surface area (Å²) >= 11 is 21.0. The lowest BCUT2D eigenvalue weighted by Gasteiger charge is -2.12. The first-order valence-corrected chi connectivity index (χ1v) is 8.73. The fraction of sp³-hybridized carbons (Fsp3) is 0.250. The van der Waals surface area contributed by atoms with Gasteiger partial charge in [0.25, 0.3) is 0 Å². The van der Waals surface area contributed by atoms with E-state index in [9.17, 15) is 0 Å². The highest BCUT2D eigenvalue weighted by Crippen LogP contribution is 2.42. The minimum Gasteiger partial charge on any atom is -0.0712 e. The zero-order chi connectivity index (χ0) is 10.9. The van der Waals surface area contributed by atoms with Crippen LogP contribution in [-0.4, -0.2) is 0 Å². The van der Waals surface area contributed by atoms with Crippen LogP contribution in [0.2, 0.25) is 0 Å². The van der Waals surface area contributed by atoms with E-state index in [0.717, 1.165) is 20.1 Å². The fourth-order valence-electron chi connectivity index (χ4n) is 0.938. The summed E-state index contributed by atoms with van der Waals surface area (Å²) in [5.41, 5.74) is 2.31. The molecule has 0 heterocycles. The fourth-order valence-corrected chi connectivity index (χ4v) is 5.36. The Labute approximate surface area is 133 Å². The van der Waals surface area contributed by atoms with E-state index >= 15 is 0 Å². The topological polar surface area (TPSA) is 0 Å². The van der Waals surface area contributed by atoms with E-state index in [0.29, 0.717) is 0 Å². The zero-order valence-electron chi connectivity index (χ0n) is 6.58. The molecule has 6 heteroatoms. The van der Waals surface area contributed by atoms with Crippen LogP contribution in [0.15, 0.2) is 21.1 Å². The monoisotopic (exact) mass is 574 g/mol. The second-order valence-electron chi connectivity index (χ2n) is 2.50. The van der Waals surface area contributed by atoms with Crippen LogP contribution in [0.5, 0.6) is 0 Å². The van der Waals surface area contributed by atoms with Gasteiger partial charge < -0.3 is 0 Å². The quantitative estimate of drug-likeness (QED) is 0.339. The molecule has 0 radical (unpaired) electrons. The van der Waals surface area contributed by atoms with Crippen molar-refractivity contribution in [3.05, 3.63) is 32.2 Å². The van der Waals surface area contributed by atoms with Crippen LogP contribution < -0.4 is 0 Å². The van der Waals surface area contributed by atoms with Gasteiger partial charge in [-0.05, 0) is 17.7 Å². The summed E-state index contributed by atoms with van der Waals surface area (Å²) in [7, 11) is 0. The summed E-state index contributed by atoms with van der Waals surface area (Å²) in [6.07, 6.45) is 0. The first kappa shape index (κ1) is 14.2. The number of rotatable bonds is 2. The Bertz CT molecular complexity index is 310. The molecule has 0 nitrogen and oxygen atoms in total. The van der Waals surface area contributed by atoms with Crippen LogP contribution in [0.4, 0.5) is 0 Å². The number of alkyl halides is 4. The Morgan fingerprint density at radius 2 is 1.21 bits per heavy atom. The molecule has 0 bridgehead atoms. The predicted octanol–water partition coefficient (Wildman–Crippen LogP) is 6.79. The predicted molar refractivity (Wildman–Crippen MR) is 83.0 cm³/mol. The molecule has 0 aliphatic heterocycles. The molecule has 0 fully saturated rings. The normalized spacial score (nSPS) is 11.4. The van der Waals surface area contributed by atoms with Crippen molar-refractivity contribution < 1.29 is 0 Å². The molecule has 0 saturated carbocycles. The van der Waals surface area contributed by atoms with E-state index in [4.69, 9.17) is 0 Å². The average Bonchev–Trinajstić information content (AvgIpc) is 2.01. The molecular formula is C8H4Br6. The van der Waals surface area contributed by atoms with E-state index in [2.05, 4.69) is 108 Å². The highest BCUT2D eigenvalue weighted by atomic mass is 79.9. The lowest BCUT2D eigenvalue weighted by Crippen LogP contribution is -1.90. The lowest BCUT2D eigenvalue weighted by atomic mass is 10.2. The van der Waals surface area contributed by atoms with Crippen molar-refractivity contribution in [2.24, 2.45) is 0 Å². The van der Waals surface area contributed by atoms with E-state index in [-0.39, 0.29) is 7.47 Å². The maximum atomic E-state index is 3.54. The third kappa shape index (κ3) is 3.55. The van der Waals surface area contributed by atoms with Crippen molar-refractivity contribution in [2.75, 3.05) is 0 Å². The van der Waals surface area contributed by atoms with Gasteiger partial charge in [-0.3, -0.25) is 0 Å². The third-order valence-corrected chi connectivity index (χ3v) is 4.86. The van der Waals surface area contributed by atoms with Crippen molar-refractivity contribution >= 4 is 95.6 Å². The standard InChI is InChI=1S/C8H4Br6/c9-4-1-3(7(11)12)2-5(10)6(4)8(13)14/h1-2,7-8H. The minimum atomic E-state index is 0.136. The van der Waals surface area contributed by atoms with Gasteiger partial charge >= 0.3 is 0 Å². The van der Waals surface area contributed by atoms with Crippen molar-refractivity contribution in [1.29, 1.82) is 0 Å². The van der Waals surface area contributed by atoms with Crippen molar-refractivity contribution in [3.63, 3.8) is 0 Å². The average molecular weight is 580 g/mol. The molecule has 14 heavy (non-hydrogen) atoms. The van der Waals surface area contributed by atoms with Crippen LogP contribution in [0.25, 0.3) is 0 Å². The maximum absolute atomic E-state index is 3.54. The van der Waals surface area contributed by atoms with Gasteiger partial charge in [-0.1, -0.05) is 95.6 Å². The smallest absolute Gasteiger partial charge is 0.0712 e. The molecular weight excluding hydrogens is 576 g/mol. The minimum absolute atomic E-state index is 0.136. The van der Waals surface area contributed by atoms with E-state index < -0.39 is 0 Å². The molecule has 78 valence electrons. The molecule has 0 atom stereocenters. The third-order valence-electron chi connectivity index (χ3n) is 1.57. The van der Waals surface area contributed by atoms with Crippen molar-refractivity contribution in [3.8, 4) is 0 Å². The number of halogens is 6. The van der Waals surface area contributed by atoms with Crippen LogP contribution in [0, 0.1) is 0 Å². The van der Waals surface area contributed by atoms with Crippen molar-refractivity contribution in [2.45, 2.75) is 7.47 Å². The molecule has 0 aliphatic rings. The molecule has 1 rings (SSSR count). The second kappa shape index (κ2) is 6.15. The molecule has 0 amide bonds. The summed E-state index contributed by atoms with van der Waals surface area (Å²) in [6, 6.07) is 4.15. The summed E-state index contributed by atoms with van der Waals surface area (Å²) in [5.74, 6) is 0. The van der Waals surface area contributed by atoms with E-state index in [1.807, 2.05) is 0 Å². The first-order chi connectivity index (χ1) is 6.43. The van der Waals surface area contributed by atoms with Gasteiger partial charge in [-0.15, -0.1) is 0 Å². The number of hydrogen-bond donors (Lipinski definition) is 0. The molecule has 1 aromatic carbocycles. The number of hydrogen-bond acceptors (Lipinski definition) is 0. The number of benzene rings is 1. The second-order valence-corrected chi connectivity index (χ2v) is 10.3. The van der Waals surface area contributed by atoms with E-state index in [1.54, 1.807) is 0 Å². The Balaban J connectivity index is 3.25. The molecule has 0 saturated heterocycles. The zero-order valence-corrected chi connectivity index (χ0v) is 16.1. The molecule has 0 unspecified atom stereocenters. The summed E-state index contributed by atoms with van der Waals surface area (Å²) in [5, 5.41) is 0. The van der Waals surface area contributed by atoms with Gasteiger partial charge in [0, 0.05) is 14.5 Å². The van der Waals surface area contributed by atoms with Gasteiger partial charge in [0.2, 0.25) is 0 Å². The summed E-state index contributed by atoms with van der Waals surface area (Å²) in [4.78, 5) is 0. The van der Waals surface area contributed by atoms with Gasteiger partial charge in [0.15, 0.2) is 0 Å². The Morgan fingerprint density at radius 1 is 0.786 bits per heavy atom. The van der Waals surface area contributed by atoms with Gasteiger partial charge in [0.05, 0.1) is 7.47 Å². The molecule has 1 aromatic rings. The van der Waals surface area contributed by atoms with Gasteiger partial charge in [0.1, 0.15) is 0 Å². The van der Waals surface area contributed by atoms with Gasteiger partial charge in [-0.2, -0.15) is 0 Å². The van der Waals surface area contributed by atoms with Gasteiger partial charge in [-0.25, -0.2) is 0 Å².